The number of carbonyl (C=O) groups is 3. The van der Waals surface area contributed by atoms with Crippen molar-refractivity contribution < 1.29 is 37.4 Å². The van der Waals surface area contributed by atoms with Crippen LogP contribution < -0.4 is 0 Å². The zero-order valence-corrected chi connectivity index (χ0v) is 34.8. The summed E-state index contributed by atoms with van der Waals surface area (Å²) in [4.78, 5) is 36.7. The molecule has 1 heterocycles. The number of rotatable bonds is 19. The van der Waals surface area contributed by atoms with E-state index in [9.17, 15) is 14.4 Å². The molecule has 0 amide bonds. The summed E-state index contributed by atoms with van der Waals surface area (Å²) in [5.74, 6) is -0.699. The van der Waals surface area contributed by atoms with E-state index >= 15 is 0 Å². The van der Waals surface area contributed by atoms with E-state index in [1.807, 2.05) is 13.0 Å². The Labute approximate surface area is 290 Å². The molecule has 46 heavy (non-hydrogen) atoms. The second-order valence-corrected chi connectivity index (χ2v) is 25.2. The van der Waals surface area contributed by atoms with Crippen molar-refractivity contribution in [3.8, 4) is 0 Å². The number of alkyl halides is 1. The molecule has 0 aromatic rings. The fraction of sp³-hybridized carbons (Fsp3) is 0.857. The van der Waals surface area contributed by atoms with Crippen molar-refractivity contribution in [3.05, 3.63) is 11.6 Å². The van der Waals surface area contributed by atoms with Crippen LogP contribution in [0.2, 0.25) is 36.3 Å². The Bertz CT molecular complexity index is 1020. The maximum Gasteiger partial charge on any atom is 0.334 e. The molecule has 1 aliphatic rings. The molecule has 0 unspecified atom stereocenters. The Morgan fingerprint density at radius 3 is 2.15 bits per heavy atom. The molecule has 0 bridgehead atoms. The number of methoxy groups -OCH3 is 1. The van der Waals surface area contributed by atoms with Gasteiger partial charge in [-0.15, -0.1) is 0 Å². The molecule has 8 nitrogen and oxygen atoms in total. The molecule has 11 heteroatoms. The average Bonchev–Trinajstić information content (AvgIpc) is 2.98. The van der Waals surface area contributed by atoms with Crippen molar-refractivity contribution in [1.82, 2.24) is 0 Å². The van der Waals surface area contributed by atoms with Gasteiger partial charge >= 0.3 is 11.9 Å². The van der Waals surface area contributed by atoms with Crippen molar-refractivity contribution in [2.75, 3.05) is 12.4 Å². The van der Waals surface area contributed by atoms with E-state index in [0.29, 0.717) is 30.2 Å². The monoisotopic (exact) mass is 748 g/mol. The van der Waals surface area contributed by atoms with Crippen LogP contribution >= 0.6 is 15.9 Å². The minimum Gasteiger partial charge on any atom is -0.466 e. The summed E-state index contributed by atoms with van der Waals surface area (Å²) in [6.07, 6.45) is 5.76. The van der Waals surface area contributed by atoms with E-state index in [2.05, 4.69) is 84.4 Å². The van der Waals surface area contributed by atoms with Gasteiger partial charge in [0.25, 0.3) is 0 Å². The molecular formula is C35H65BrO8Si2. The van der Waals surface area contributed by atoms with Gasteiger partial charge in [-0.1, -0.05) is 76.9 Å². The van der Waals surface area contributed by atoms with Crippen molar-refractivity contribution in [1.29, 1.82) is 0 Å². The van der Waals surface area contributed by atoms with Crippen LogP contribution in [0.3, 0.4) is 0 Å². The third kappa shape index (κ3) is 11.6. The first kappa shape index (κ1) is 43.2. The van der Waals surface area contributed by atoms with Gasteiger partial charge in [0.05, 0.1) is 18.8 Å². The molecule has 0 spiro atoms. The van der Waals surface area contributed by atoms with Crippen molar-refractivity contribution in [2.24, 2.45) is 5.92 Å². The highest BCUT2D eigenvalue weighted by atomic mass is 79.9. The van der Waals surface area contributed by atoms with Crippen LogP contribution in [0.4, 0.5) is 0 Å². The summed E-state index contributed by atoms with van der Waals surface area (Å²) in [6.45, 7) is 25.3. The van der Waals surface area contributed by atoms with Crippen LogP contribution in [-0.4, -0.2) is 76.8 Å². The van der Waals surface area contributed by atoms with Gasteiger partial charge in [-0.05, 0) is 88.1 Å². The number of hydrogen-bond acceptors (Lipinski definition) is 8. The van der Waals surface area contributed by atoms with E-state index in [-0.39, 0.29) is 23.0 Å². The van der Waals surface area contributed by atoms with Crippen LogP contribution in [-0.2, 0) is 37.4 Å². The standard InChI is InChI=1S/C35H65BrO8Si2/c1-14-46(15-2,16-3)44-35(10,22-17-18-26(4)29(25-37)43-45(12,13)33(6,7)8)31-21-23-34(9,42-27(5)38)30(41-31)20-19-28(24-36)32(39)40-11/h19,25-26,29-31H,14-18,20-24H2,1-13H3/b28-19-/t26-,29-,30+,31+,34-,35-/m0/s1. The van der Waals surface area contributed by atoms with Crippen LogP contribution in [0.15, 0.2) is 11.6 Å². The van der Waals surface area contributed by atoms with E-state index < -0.39 is 46.0 Å². The minimum atomic E-state index is -2.11. The largest absolute Gasteiger partial charge is 0.466 e. The lowest BCUT2D eigenvalue weighted by Crippen LogP contribution is -2.59. The van der Waals surface area contributed by atoms with Gasteiger partial charge in [-0.25, -0.2) is 4.79 Å². The SMILES string of the molecule is CC[Si](CC)(CC)O[C@@](C)(CCC[C@H](C)[C@H](C=O)O[Si](C)(C)C(C)(C)C)[C@H]1CC[C@](C)(OC(C)=O)[C@@H](C/C=C(/CBr)C(=O)OC)O1. The molecule has 1 saturated heterocycles. The second kappa shape index (κ2) is 18.2. The number of aldehydes is 1. The summed E-state index contributed by atoms with van der Waals surface area (Å²) in [5, 5.41) is 0.364. The molecule has 6 atom stereocenters. The minimum absolute atomic E-state index is 0.0194. The lowest BCUT2D eigenvalue weighted by molar-refractivity contribution is -0.224. The summed E-state index contributed by atoms with van der Waals surface area (Å²) >= 11 is 3.39. The van der Waals surface area contributed by atoms with Crippen LogP contribution in [0.5, 0.6) is 0 Å². The third-order valence-electron chi connectivity index (χ3n) is 10.8. The fourth-order valence-electron chi connectivity index (χ4n) is 6.23. The maximum atomic E-state index is 12.3. The van der Waals surface area contributed by atoms with E-state index in [1.165, 1.54) is 14.0 Å². The van der Waals surface area contributed by atoms with Crippen LogP contribution in [0.25, 0.3) is 0 Å². The van der Waals surface area contributed by atoms with E-state index in [0.717, 1.165) is 43.7 Å². The van der Waals surface area contributed by atoms with Crippen LogP contribution in [0.1, 0.15) is 108 Å². The second-order valence-electron chi connectivity index (χ2n) is 15.2. The molecule has 1 rings (SSSR count). The van der Waals surface area contributed by atoms with E-state index in [1.54, 1.807) is 0 Å². The quantitative estimate of drug-likeness (QED) is 0.0425. The molecule has 0 aliphatic carbocycles. The smallest absolute Gasteiger partial charge is 0.334 e. The number of carbonyl (C=O) groups excluding carboxylic acids is 3. The van der Waals surface area contributed by atoms with Crippen molar-refractivity contribution >= 4 is 50.8 Å². The summed E-state index contributed by atoms with van der Waals surface area (Å²) < 4.78 is 31.6. The topological polar surface area (TPSA) is 97.4 Å². The van der Waals surface area contributed by atoms with Gasteiger partial charge < -0.3 is 27.9 Å². The number of ether oxygens (including phenoxy) is 3. The molecule has 0 radical (unpaired) electrons. The fourth-order valence-corrected chi connectivity index (χ4v) is 11.2. The first-order chi connectivity index (χ1) is 21.2. The Morgan fingerprint density at radius 2 is 1.70 bits per heavy atom. The highest BCUT2D eigenvalue weighted by Crippen LogP contribution is 2.43. The van der Waals surface area contributed by atoms with Gasteiger partial charge in [-0.2, -0.15) is 0 Å². The molecule has 0 aromatic heterocycles. The van der Waals surface area contributed by atoms with Gasteiger partial charge in [0.1, 0.15) is 24.1 Å². The number of halogens is 1. The molecule has 1 fully saturated rings. The third-order valence-corrected chi connectivity index (χ3v) is 20.6. The summed E-state index contributed by atoms with van der Waals surface area (Å²) in [5.41, 5.74) is -0.940. The number of hydrogen-bond donors (Lipinski definition) is 0. The highest BCUT2D eigenvalue weighted by molar-refractivity contribution is 9.09. The first-order valence-corrected chi connectivity index (χ1v) is 23.8. The summed E-state index contributed by atoms with van der Waals surface area (Å²) in [7, 11) is -2.81. The maximum absolute atomic E-state index is 12.3. The van der Waals surface area contributed by atoms with Crippen molar-refractivity contribution in [2.45, 2.75) is 174 Å². The zero-order chi connectivity index (χ0) is 35.6. The van der Waals surface area contributed by atoms with Gasteiger partial charge in [-0.3, -0.25) is 4.79 Å². The lowest BCUT2D eigenvalue weighted by Gasteiger charge is -2.51. The van der Waals surface area contributed by atoms with E-state index in [4.69, 9.17) is 23.1 Å². The predicted octanol–water partition coefficient (Wildman–Crippen LogP) is 8.92. The van der Waals surface area contributed by atoms with Crippen LogP contribution in [0, 0.1) is 5.92 Å². The molecular weight excluding hydrogens is 684 g/mol. The predicted molar refractivity (Wildman–Crippen MR) is 194 cm³/mol. The van der Waals surface area contributed by atoms with Gasteiger partial charge in [0, 0.05) is 17.8 Å². The van der Waals surface area contributed by atoms with Gasteiger partial charge in [0.15, 0.2) is 16.6 Å². The molecule has 0 N–H and O–H groups in total. The Hall–Kier alpha value is -0.856. The molecule has 0 saturated carbocycles. The summed E-state index contributed by atoms with van der Waals surface area (Å²) in [6, 6.07) is 3.03. The highest BCUT2D eigenvalue weighted by Gasteiger charge is 2.51. The normalized spacial score (nSPS) is 24.1. The Morgan fingerprint density at radius 1 is 1.11 bits per heavy atom. The average molecular weight is 750 g/mol. The van der Waals surface area contributed by atoms with Crippen molar-refractivity contribution in [3.63, 3.8) is 0 Å². The van der Waals surface area contributed by atoms with Gasteiger partial charge in [0.2, 0.25) is 0 Å². The zero-order valence-electron chi connectivity index (χ0n) is 31.2. The lowest BCUT2D eigenvalue weighted by atomic mass is 9.80. The molecule has 0 aromatic carbocycles. The number of esters is 2. The Kier molecular flexibility index (Phi) is 17.1. The molecule has 268 valence electrons. The first-order valence-electron chi connectivity index (χ1n) is 17.2. The molecule has 1 aliphatic heterocycles. The Balaban J connectivity index is 3.39.